The Kier molecular flexibility index (Phi) is 5.81. The van der Waals surface area contributed by atoms with Crippen LogP contribution in [0.1, 0.15) is 21.6 Å². The van der Waals surface area contributed by atoms with Crippen LogP contribution in [0.4, 0.5) is 22.0 Å². The number of amides is 1. The third kappa shape index (κ3) is 5.31. The lowest BCUT2D eigenvalue weighted by Gasteiger charge is -2.09. The van der Waals surface area contributed by atoms with Crippen molar-refractivity contribution < 1.29 is 31.5 Å². The molecule has 0 saturated carbocycles. The highest BCUT2D eigenvalue weighted by Gasteiger charge is 2.33. The van der Waals surface area contributed by atoms with E-state index in [2.05, 4.69) is 15.2 Å². The second-order valence-corrected chi connectivity index (χ2v) is 5.90. The molecule has 5 nitrogen and oxygen atoms in total. The number of nitrogens with zero attached hydrogens (tertiary/aromatic N) is 2. The van der Waals surface area contributed by atoms with Crippen molar-refractivity contribution in [1.29, 1.82) is 0 Å². The highest BCUT2D eigenvalue weighted by molar-refractivity contribution is 5.94. The summed E-state index contributed by atoms with van der Waals surface area (Å²) in [7, 11) is 0. The Hall–Kier alpha value is -3.43. The summed E-state index contributed by atoms with van der Waals surface area (Å²) in [4.78, 5) is 12.2. The second kappa shape index (κ2) is 8.29. The lowest BCUT2D eigenvalue weighted by molar-refractivity contribution is -0.141. The summed E-state index contributed by atoms with van der Waals surface area (Å²) in [5.41, 5.74) is 0.174. The molecule has 0 aliphatic carbocycles. The van der Waals surface area contributed by atoms with Crippen LogP contribution in [-0.4, -0.2) is 22.3 Å². The van der Waals surface area contributed by atoms with E-state index in [4.69, 9.17) is 0 Å². The number of carbonyl (C=O) groups is 1. The molecule has 0 unspecified atom stereocenters. The first-order valence-electron chi connectivity index (χ1n) is 8.27. The molecule has 0 atom stereocenters. The van der Waals surface area contributed by atoms with Crippen LogP contribution in [0.5, 0.6) is 5.75 Å². The van der Waals surface area contributed by atoms with Gasteiger partial charge in [-0.15, -0.1) is 0 Å². The van der Waals surface area contributed by atoms with Gasteiger partial charge in [0.05, 0.1) is 5.69 Å². The zero-order chi connectivity index (χ0) is 21.0. The minimum atomic E-state index is -4.54. The van der Waals surface area contributed by atoms with E-state index in [1.54, 1.807) is 6.07 Å². The molecule has 3 rings (SSSR count). The first-order chi connectivity index (χ1) is 13.7. The van der Waals surface area contributed by atoms with Crippen LogP contribution in [0.3, 0.4) is 0 Å². The predicted molar refractivity (Wildman–Crippen MR) is 92.8 cm³/mol. The summed E-state index contributed by atoms with van der Waals surface area (Å²) < 4.78 is 67.7. The number of nitrogens with one attached hydrogen (secondary N) is 1. The Bertz CT molecular complexity index is 984. The standard InChI is InChI=1S/C19H14F5N3O2/c20-18(21)29-15-3-1-2-12(10-15)11-25-17(28)13-4-6-14(7-5-13)27-9-8-16(26-27)19(22,23)24/h1-10,18H,11H2,(H,25,28). The maximum atomic E-state index is 12.6. The van der Waals surface area contributed by atoms with Crippen molar-refractivity contribution in [3.05, 3.63) is 77.6 Å². The second-order valence-electron chi connectivity index (χ2n) is 5.90. The van der Waals surface area contributed by atoms with Crippen LogP contribution < -0.4 is 10.1 Å². The molecule has 0 radical (unpaired) electrons. The molecule has 0 fully saturated rings. The topological polar surface area (TPSA) is 56.1 Å². The number of halogens is 5. The molecule has 0 aliphatic rings. The third-order valence-corrected chi connectivity index (χ3v) is 3.85. The van der Waals surface area contributed by atoms with E-state index in [9.17, 15) is 26.7 Å². The molecular weight excluding hydrogens is 397 g/mol. The van der Waals surface area contributed by atoms with Crippen molar-refractivity contribution in [3.8, 4) is 11.4 Å². The highest BCUT2D eigenvalue weighted by Crippen LogP contribution is 2.27. The molecule has 1 aromatic heterocycles. The van der Waals surface area contributed by atoms with Gasteiger partial charge in [0.25, 0.3) is 5.91 Å². The highest BCUT2D eigenvalue weighted by atomic mass is 19.4. The average molecular weight is 411 g/mol. The van der Waals surface area contributed by atoms with Crippen molar-refractivity contribution in [2.75, 3.05) is 0 Å². The third-order valence-electron chi connectivity index (χ3n) is 3.85. The summed E-state index contributed by atoms with van der Waals surface area (Å²) in [6.45, 7) is -2.87. The first kappa shape index (κ1) is 20.3. The van der Waals surface area contributed by atoms with Gasteiger partial charge in [0.2, 0.25) is 0 Å². The maximum Gasteiger partial charge on any atom is 0.435 e. The van der Waals surface area contributed by atoms with E-state index in [1.807, 2.05) is 0 Å². The fourth-order valence-electron chi connectivity index (χ4n) is 2.50. The summed E-state index contributed by atoms with van der Waals surface area (Å²) in [5, 5.41) is 6.08. The Morgan fingerprint density at radius 1 is 1.10 bits per heavy atom. The van der Waals surface area contributed by atoms with Crippen molar-refractivity contribution in [3.63, 3.8) is 0 Å². The van der Waals surface area contributed by atoms with E-state index >= 15 is 0 Å². The molecule has 29 heavy (non-hydrogen) atoms. The minimum absolute atomic E-state index is 0.0199. The van der Waals surface area contributed by atoms with Crippen molar-refractivity contribution in [2.24, 2.45) is 0 Å². The number of carbonyl (C=O) groups excluding carboxylic acids is 1. The normalized spacial score (nSPS) is 11.5. The van der Waals surface area contributed by atoms with Gasteiger partial charge in [-0.25, -0.2) is 4.68 Å². The van der Waals surface area contributed by atoms with Gasteiger partial charge < -0.3 is 10.1 Å². The Balaban J connectivity index is 1.63. The van der Waals surface area contributed by atoms with Gasteiger partial charge >= 0.3 is 12.8 Å². The Morgan fingerprint density at radius 2 is 1.83 bits per heavy atom. The maximum absolute atomic E-state index is 12.6. The van der Waals surface area contributed by atoms with Crippen molar-refractivity contribution >= 4 is 5.91 Å². The number of rotatable bonds is 6. The zero-order valence-corrected chi connectivity index (χ0v) is 14.7. The number of hydrogen-bond donors (Lipinski definition) is 1. The molecule has 1 N–H and O–H groups in total. The van der Waals surface area contributed by atoms with Gasteiger partial charge in [-0.1, -0.05) is 12.1 Å². The summed E-state index contributed by atoms with van der Waals surface area (Å²) in [5.74, 6) is -0.457. The quantitative estimate of drug-likeness (QED) is 0.611. The van der Waals surface area contributed by atoms with Crippen molar-refractivity contribution in [1.82, 2.24) is 15.1 Å². The van der Waals surface area contributed by atoms with Crippen LogP contribution >= 0.6 is 0 Å². The predicted octanol–water partition coefficient (Wildman–Crippen LogP) is 4.42. The molecular formula is C19H14F5N3O2. The molecule has 1 heterocycles. The number of hydrogen-bond acceptors (Lipinski definition) is 3. The van der Waals surface area contributed by atoms with E-state index in [0.717, 1.165) is 10.7 Å². The number of benzene rings is 2. The monoisotopic (exact) mass is 411 g/mol. The van der Waals surface area contributed by atoms with Crippen LogP contribution in [0.15, 0.2) is 60.8 Å². The molecule has 0 saturated heterocycles. The largest absolute Gasteiger partial charge is 0.435 e. The molecule has 2 aromatic carbocycles. The van der Waals surface area contributed by atoms with Gasteiger partial charge in [-0.05, 0) is 48.0 Å². The average Bonchev–Trinajstić information content (AvgIpc) is 3.17. The van der Waals surface area contributed by atoms with E-state index in [0.29, 0.717) is 11.3 Å². The smallest absolute Gasteiger partial charge is 0.435 e. The van der Waals surface area contributed by atoms with Gasteiger partial charge in [0.1, 0.15) is 5.75 Å². The van der Waals surface area contributed by atoms with E-state index < -0.39 is 24.4 Å². The summed E-state index contributed by atoms with van der Waals surface area (Å²) >= 11 is 0. The van der Waals surface area contributed by atoms with E-state index in [-0.39, 0.29) is 17.9 Å². The summed E-state index contributed by atoms with van der Waals surface area (Å²) in [6.07, 6.45) is -3.37. The number of aromatic nitrogens is 2. The van der Waals surface area contributed by atoms with Gasteiger partial charge in [-0.2, -0.15) is 27.1 Å². The van der Waals surface area contributed by atoms with Crippen LogP contribution in [0.25, 0.3) is 5.69 Å². The molecule has 1 amide bonds. The lowest BCUT2D eigenvalue weighted by atomic mass is 10.1. The molecule has 10 heteroatoms. The first-order valence-corrected chi connectivity index (χ1v) is 8.27. The fraction of sp³-hybridized carbons (Fsp3) is 0.158. The SMILES string of the molecule is O=C(NCc1cccc(OC(F)F)c1)c1ccc(-n2ccc(C(F)(F)F)n2)cc1. The molecule has 0 aliphatic heterocycles. The minimum Gasteiger partial charge on any atom is -0.435 e. The zero-order valence-electron chi connectivity index (χ0n) is 14.7. The van der Waals surface area contributed by atoms with Crippen LogP contribution in [0, 0.1) is 0 Å². The van der Waals surface area contributed by atoms with Crippen LogP contribution in [0.2, 0.25) is 0 Å². The van der Waals surface area contributed by atoms with Gasteiger partial charge in [-0.3, -0.25) is 4.79 Å². The van der Waals surface area contributed by atoms with Crippen molar-refractivity contribution in [2.45, 2.75) is 19.3 Å². The molecule has 0 spiro atoms. The molecule has 3 aromatic rings. The summed E-state index contributed by atoms with van der Waals surface area (Å²) in [6, 6.07) is 12.6. The Morgan fingerprint density at radius 3 is 2.45 bits per heavy atom. The Labute approximate surface area is 161 Å². The molecule has 0 bridgehead atoms. The van der Waals surface area contributed by atoms with E-state index in [1.165, 1.54) is 48.7 Å². The fourth-order valence-corrected chi connectivity index (χ4v) is 2.50. The van der Waals surface area contributed by atoms with Gasteiger partial charge in [0, 0.05) is 18.3 Å². The number of ether oxygens (including phenoxy) is 1. The lowest BCUT2D eigenvalue weighted by Crippen LogP contribution is -2.22. The van der Waals surface area contributed by atoms with Gasteiger partial charge in [0.15, 0.2) is 5.69 Å². The number of alkyl halides is 5. The van der Waals surface area contributed by atoms with Crippen LogP contribution in [-0.2, 0) is 12.7 Å². The molecule has 152 valence electrons.